The molecule has 2 aromatic rings. The molecule has 26 heavy (non-hydrogen) atoms. The number of aromatic nitrogens is 4. The van der Waals surface area contributed by atoms with E-state index in [0.717, 1.165) is 16.2 Å². The molecule has 0 atom stereocenters. The van der Waals surface area contributed by atoms with E-state index in [9.17, 15) is 14.4 Å². The van der Waals surface area contributed by atoms with Crippen molar-refractivity contribution >= 4 is 23.5 Å². The highest BCUT2D eigenvalue weighted by Crippen LogP contribution is 2.32. The molecule has 1 aromatic heterocycles. The van der Waals surface area contributed by atoms with E-state index < -0.39 is 17.8 Å². The lowest BCUT2D eigenvalue weighted by molar-refractivity contribution is -0.139. The summed E-state index contributed by atoms with van der Waals surface area (Å²) in [6, 6.07) is 5.82. The van der Waals surface area contributed by atoms with Gasteiger partial charge in [-0.2, -0.15) is 0 Å². The fourth-order valence-electron chi connectivity index (χ4n) is 2.64. The van der Waals surface area contributed by atoms with Gasteiger partial charge in [-0.25, -0.2) is 19.3 Å². The molecule has 1 aliphatic rings. The number of anilines is 1. The van der Waals surface area contributed by atoms with Crippen LogP contribution in [0.4, 0.5) is 10.5 Å². The molecule has 3 rings (SSSR count). The average Bonchev–Trinajstić information content (AvgIpc) is 3.15. The third-order valence-electron chi connectivity index (χ3n) is 3.80. The lowest BCUT2D eigenvalue weighted by Crippen LogP contribution is -2.34. The number of carbonyl (C=O) groups excluding carboxylic acids is 3. The molecule has 4 amide bonds. The maximum atomic E-state index is 12.8. The van der Waals surface area contributed by atoms with Crippen molar-refractivity contribution < 1.29 is 19.1 Å². The highest BCUT2D eigenvalue weighted by Gasteiger charge is 2.46. The van der Waals surface area contributed by atoms with Gasteiger partial charge in [0.1, 0.15) is 5.75 Å². The molecule has 10 nitrogen and oxygen atoms in total. The number of aryl methyl sites for hydroxylation is 1. The van der Waals surface area contributed by atoms with Gasteiger partial charge in [0.2, 0.25) is 0 Å². The van der Waals surface area contributed by atoms with Crippen molar-refractivity contribution in [1.29, 1.82) is 0 Å². The van der Waals surface area contributed by atoms with Gasteiger partial charge in [0.05, 0.1) is 18.8 Å². The SMILES string of the molecule is CCCn1nnnc1CN1C(=O)C(=O)N(c2ccccc2OCC)C1=O. The topological polar surface area (TPSA) is 111 Å². The highest BCUT2D eigenvalue weighted by molar-refractivity contribution is 6.52. The van der Waals surface area contributed by atoms with E-state index >= 15 is 0 Å². The number of tetrazole rings is 1. The summed E-state index contributed by atoms with van der Waals surface area (Å²) >= 11 is 0. The third-order valence-corrected chi connectivity index (χ3v) is 3.80. The summed E-state index contributed by atoms with van der Waals surface area (Å²) in [6.45, 7) is 4.47. The van der Waals surface area contributed by atoms with Gasteiger partial charge in [0.25, 0.3) is 0 Å². The van der Waals surface area contributed by atoms with Crippen molar-refractivity contribution in [2.75, 3.05) is 11.5 Å². The van der Waals surface area contributed by atoms with Gasteiger partial charge in [0.15, 0.2) is 5.82 Å². The van der Waals surface area contributed by atoms with Crippen molar-refractivity contribution in [3.05, 3.63) is 30.1 Å². The van der Waals surface area contributed by atoms with Crippen LogP contribution in [0.3, 0.4) is 0 Å². The maximum absolute atomic E-state index is 12.8. The van der Waals surface area contributed by atoms with Crippen LogP contribution in [0.1, 0.15) is 26.1 Å². The van der Waals surface area contributed by atoms with Gasteiger partial charge in [0, 0.05) is 6.54 Å². The third kappa shape index (κ3) is 3.01. The molecule has 1 aromatic carbocycles. The smallest absolute Gasteiger partial charge is 0.339 e. The van der Waals surface area contributed by atoms with Crippen LogP contribution >= 0.6 is 0 Å². The molecule has 0 saturated carbocycles. The Hall–Kier alpha value is -3.30. The van der Waals surface area contributed by atoms with Crippen molar-refractivity contribution in [2.24, 2.45) is 0 Å². The number of hydrogen-bond donors (Lipinski definition) is 0. The second kappa shape index (κ2) is 7.30. The second-order valence-electron chi connectivity index (χ2n) is 5.53. The number of benzene rings is 1. The van der Waals surface area contributed by atoms with E-state index in [0.29, 0.717) is 24.7 Å². The van der Waals surface area contributed by atoms with Crippen LogP contribution in [0.25, 0.3) is 0 Å². The molecule has 0 aliphatic carbocycles. The minimum Gasteiger partial charge on any atom is -0.492 e. The monoisotopic (exact) mass is 358 g/mol. The average molecular weight is 358 g/mol. The van der Waals surface area contributed by atoms with E-state index in [-0.39, 0.29) is 12.2 Å². The first kappa shape index (κ1) is 17.5. The Morgan fingerprint density at radius 2 is 1.85 bits per heavy atom. The van der Waals surface area contributed by atoms with E-state index in [1.165, 1.54) is 4.68 Å². The molecule has 0 N–H and O–H groups in total. The van der Waals surface area contributed by atoms with Crippen LogP contribution in [-0.4, -0.2) is 49.6 Å². The molecule has 10 heteroatoms. The van der Waals surface area contributed by atoms with Crippen LogP contribution in [0.5, 0.6) is 5.75 Å². The van der Waals surface area contributed by atoms with Crippen molar-refractivity contribution in [2.45, 2.75) is 33.4 Å². The van der Waals surface area contributed by atoms with Gasteiger partial charge in [-0.1, -0.05) is 19.1 Å². The van der Waals surface area contributed by atoms with Gasteiger partial charge in [-0.15, -0.1) is 5.10 Å². The molecular formula is C16H18N6O4. The first-order valence-corrected chi connectivity index (χ1v) is 8.25. The molecule has 0 spiro atoms. The number of nitrogens with zero attached hydrogens (tertiary/aromatic N) is 6. The maximum Gasteiger partial charge on any atom is 0.339 e. The molecular weight excluding hydrogens is 340 g/mol. The largest absolute Gasteiger partial charge is 0.492 e. The zero-order valence-electron chi connectivity index (χ0n) is 14.5. The Morgan fingerprint density at radius 1 is 1.08 bits per heavy atom. The van der Waals surface area contributed by atoms with Gasteiger partial charge < -0.3 is 4.74 Å². The predicted octanol–water partition coefficient (Wildman–Crippen LogP) is 0.977. The fraction of sp³-hybridized carbons (Fsp3) is 0.375. The summed E-state index contributed by atoms with van der Waals surface area (Å²) in [5, 5.41) is 11.2. The van der Waals surface area contributed by atoms with Crippen molar-refractivity contribution in [1.82, 2.24) is 25.1 Å². The first-order chi connectivity index (χ1) is 12.6. The zero-order valence-corrected chi connectivity index (χ0v) is 14.5. The Labute approximate surface area is 149 Å². The van der Waals surface area contributed by atoms with Gasteiger partial charge in [-0.05, 0) is 35.9 Å². The molecule has 136 valence electrons. The number of amides is 4. The summed E-state index contributed by atoms with van der Waals surface area (Å²) in [4.78, 5) is 39.2. The van der Waals surface area contributed by atoms with Crippen LogP contribution in [0.15, 0.2) is 24.3 Å². The number of para-hydroxylation sites is 2. The molecule has 1 aliphatic heterocycles. The zero-order chi connectivity index (χ0) is 18.7. The summed E-state index contributed by atoms with van der Waals surface area (Å²) in [6.07, 6.45) is 0.784. The Bertz CT molecular complexity index is 849. The highest BCUT2D eigenvalue weighted by atomic mass is 16.5. The van der Waals surface area contributed by atoms with Crippen LogP contribution in [0.2, 0.25) is 0 Å². The quantitative estimate of drug-likeness (QED) is 0.536. The Morgan fingerprint density at radius 3 is 2.58 bits per heavy atom. The summed E-state index contributed by atoms with van der Waals surface area (Å²) in [7, 11) is 0. The van der Waals surface area contributed by atoms with Crippen LogP contribution < -0.4 is 9.64 Å². The number of ether oxygens (including phenoxy) is 1. The Balaban J connectivity index is 1.90. The van der Waals surface area contributed by atoms with E-state index in [1.807, 2.05) is 6.92 Å². The van der Waals surface area contributed by atoms with E-state index in [2.05, 4.69) is 15.5 Å². The van der Waals surface area contributed by atoms with E-state index in [4.69, 9.17) is 4.74 Å². The standard InChI is InChI=1S/C16H18N6O4/c1-3-9-21-13(17-18-19-21)10-20-14(23)15(24)22(16(20)25)11-7-5-6-8-12(11)26-4-2/h5-8H,3-4,9-10H2,1-2H3. The number of carbonyl (C=O) groups is 3. The number of urea groups is 1. The molecule has 0 unspecified atom stereocenters. The number of imide groups is 2. The van der Waals surface area contributed by atoms with Gasteiger partial charge >= 0.3 is 17.8 Å². The summed E-state index contributed by atoms with van der Waals surface area (Å²) in [5.74, 6) is -1.17. The number of rotatable bonds is 7. The fourth-order valence-corrected chi connectivity index (χ4v) is 2.64. The Kier molecular flexibility index (Phi) is 4.92. The normalized spacial score (nSPS) is 14.5. The van der Waals surface area contributed by atoms with Gasteiger partial charge in [-0.3, -0.25) is 9.59 Å². The minimum atomic E-state index is -0.934. The van der Waals surface area contributed by atoms with Crippen molar-refractivity contribution in [3.8, 4) is 5.75 Å². The van der Waals surface area contributed by atoms with Crippen LogP contribution in [-0.2, 0) is 22.7 Å². The molecule has 0 radical (unpaired) electrons. The minimum absolute atomic E-state index is 0.177. The van der Waals surface area contributed by atoms with Crippen molar-refractivity contribution in [3.63, 3.8) is 0 Å². The predicted molar refractivity (Wildman–Crippen MR) is 89.2 cm³/mol. The first-order valence-electron chi connectivity index (χ1n) is 8.25. The lowest BCUT2D eigenvalue weighted by Gasteiger charge is -2.18. The summed E-state index contributed by atoms with van der Waals surface area (Å²) in [5.41, 5.74) is 0.230. The molecule has 2 heterocycles. The number of hydrogen-bond acceptors (Lipinski definition) is 7. The molecule has 0 bridgehead atoms. The van der Waals surface area contributed by atoms with Crippen LogP contribution in [0, 0.1) is 0 Å². The lowest BCUT2D eigenvalue weighted by atomic mass is 10.2. The molecule has 1 saturated heterocycles. The van der Waals surface area contributed by atoms with E-state index in [1.54, 1.807) is 31.2 Å². The second-order valence-corrected chi connectivity index (χ2v) is 5.53. The summed E-state index contributed by atoms with van der Waals surface area (Å²) < 4.78 is 6.96. The molecule has 1 fully saturated rings.